The molecule has 4 heteroatoms. The Morgan fingerprint density at radius 1 is 1.70 bits per heavy atom. The Hall–Kier alpha value is -0.540. The molecular weight excluding hydrogens is 156 g/mol. The first-order valence-electron chi connectivity index (χ1n) is 2.73. The van der Waals surface area contributed by atoms with E-state index in [1.165, 1.54) is 0 Å². The molecule has 0 spiro atoms. The summed E-state index contributed by atoms with van der Waals surface area (Å²) >= 11 is 5.22. The van der Waals surface area contributed by atoms with Gasteiger partial charge in [-0.25, -0.2) is 4.79 Å². The number of hydrogen-bond donors (Lipinski definition) is 2. The number of alkyl halides is 1. The molecule has 0 fully saturated rings. The molecule has 0 radical (unpaired) electrons. The molecule has 1 atom stereocenters. The summed E-state index contributed by atoms with van der Waals surface area (Å²) < 4.78 is 0. The monoisotopic (exact) mass is 164 g/mol. The highest BCUT2D eigenvalue weighted by Crippen LogP contribution is 2.03. The van der Waals surface area contributed by atoms with Crippen LogP contribution < -0.4 is 0 Å². The predicted octanol–water partition coefficient (Wildman–Crippen LogP) is 0.617. The van der Waals surface area contributed by atoms with E-state index in [2.05, 4.69) is 6.58 Å². The van der Waals surface area contributed by atoms with Crippen molar-refractivity contribution >= 4 is 17.6 Å². The smallest absolute Gasteiger partial charge is 0.331 e. The van der Waals surface area contributed by atoms with Crippen LogP contribution >= 0.6 is 11.6 Å². The summed E-state index contributed by atoms with van der Waals surface area (Å²) in [7, 11) is 0. The highest BCUT2D eigenvalue weighted by Gasteiger charge is 2.09. The molecule has 58 valence electrons. The van der Waals surface area contributed by atoms with Gasteiger partial charge >= 0.3 is 5.97 Å². The van der Waals surface area contributed by atoms with Crippen molar-refractivity contribution in [3.8, 4) is 0 Å². The Labute approximate surface area is 63.9 Å². The van der Waals surface area contributed by atoms with E-state index >= 15 is 0 Å². The molecule has 3 nitrogen and oxygen atoms in total. The number of halogens is 1. The van der Waals surface area contributed by atoms with Gasteiger partial charge in [-0.05, 0) is 0 Å². The van der Waals surface area contributed by atoms with E-state index in [0.29, 0.717) is 0 Å². The molecule has 10 heavy (non-hydrogen) atoms. The number of carbonyl (C=O) groups is 1. The van der Waals surface area contributed by atoms with Crippen LogP contribution in [0.1, 0.15) is 6.42 Å². The van der Waals surface area contributed by atoms with Crippen LogP contribution in [0.4, 0.5) is 0 Å². The van der Waals surface area contributed by atoms with Gasteiger partial charge < -0.3 is 10.2 Å². The van der Waals surface area contributed by atoms with E-state index in [1.807, 2.05) is 0 Å². The van der Waals surface area contributed by atoms with Crippen LogP contribution in [0.5, 0.6) is 0 Å². The number of rotatable bonds is 4. The SMILES string of the molecule is C=C(CC(O)CCl)C(=O)O. The van der Waals surface area contributed by atoms with Gasteiger partial charge in [0.25, 0.3) is 0 Å². The summed E-state index contributed by atoms with van der Waals surface area (Å²) in [5.41, 5.74) is -0.0202. The van der Waals surface area contributed by atoms with Crippen LogP contribution in [-0.4, -0.2) is 28.2 Å². The lowest BCUT2D eigenvalue weighted by Gasteiger charge is -2.04. The number of aliphatic carboxylic acids is 1. The fraction of sp³-hybridized carbons (Fsp3) is 0.500. The van der Waals surface area contributed by atoms with Crippen molar-refractivity contribution in [1.29, 1.82) is 0 Å². The van der Waals surface area contributed by atoms with Gasteiger partial charge in [0.05, 0.1) is 6.10 Å². The van der Waals surface area contributed by atoms with Crippen LogP contribution in [0.3, 0.4) is 0 Å². The average Bonchev–Trinajstić information content (AvgIpc) is 1.87. The number of aliphatic hydroxyl groups is 1. The summed E-state index contributed by atoms with van der Waals surface area (Å²) in [5.74, 6) is -1.06. The molecule has 0 amide bonds. The van der Waals surface area contributed by atoms with Gasteiger partial charge in [0, 0.05) is 17.9 Å². The summed E-state index contributed by atoms with van der Waals surface area (Å²) in [6.07, 6.45) is -0.774. The second-order valence-corrected chi connectivity index (χ2v) is 2.23. The number of hydrogen-bond acceptors (Lipinski definition) is 2. The van der Waals surface area contributed by atoms with Crippen molar-refractivity contribution in [2.24, 2.45) is 0 Å². The van der Waals surface area contributed by atoms with Gasteiger partial charge in [0.15, 0.2) is 0 Å². The standard InChI is InChI=1S/C6H9ClO3/c1-4(6(9)10)2-5(8)3-7/h5,8H,1-3H2,(H,9,10). The quantitative estimate of drug-likeness (QED) is 0.473. The molecule has 0 aliphatic carbocycles. The Bertz CT molecular complexity index is 144. The molecule has 0 aliphatic rings. The second kappa shape index (κ2) is 4.30. The number of carboxylic acid groups (broad SMARTS) is 1. The highest BCUT2D eigenvalue weighted by molar-refractivity contribution is 6.18. The number of aliphatic hydroxyl groups excluding tert-OH is 1. The van der Waals surface area contributed by atoms with Crippen molar-refractivity contribution in [1.82, 2.24) is 0 Å². The van der Waals surface area contributed by atoms with Gasteiger partial charge in [0.1, 0.15) is 0 Å². The van der Waals surface area contributed by atoms with Crippen LogP contribution in [0, 0.1) is 0 Å². The Morgan fingerprint density at radius 3 is 2.50 bits per heavy atom. The predicted molar refractivity (Wildman–Crippen MR) is 38.1 cm³/mol. The fourth-order valence-corrected chi connectivity index (χ4v) is 0.535. The maximum atomic E-state index is 10.1. The van der Waals surface area contributed by atoms with E-state index < -0.39 is 12.1 Å². The minimum Gasteiger partial charge on any atom is -0.478 e. The molecule has 0 heterocycles. The molecule has 0 aliphatic heterocycles. The molecule has 0 aromatic carbocycles. The zero-order valence-corrected chi connectivity index (χ0v) is 6.14. The zero-order valence-electron chi connectivity index (χ0n) is 5.38. The fourth-order valence-electron chi connectivity index (χ4n) is 0.426. The van der Waals surface area contributed by atoms with E-state index in [4.69, 9.17) is 21.8 Å². The minimum absolute atomic E-state index is 0.0202. The number of carboxylic acids is 1. The average molecular weight is 165 g/mol. The molecule has 0 saturated carbocycles. The molecular formula is C6H9ClO3. The van der Waals surface area contributed by atoms with Crippen LogP contribution in [0.15, 0.2) is 12.2 Å². The molecule has 0 aromatic rings. The highest BCUT2D eigenvalue weighted by atomic mass is 35.5. The summed E-state index contributed by atoms with van der Waals surface area (Å²) in [4.78, 5) is 10.1. The molecule has 0 aromatic heterocycles. The minimum atomic E-state index is -1.09. The lowest BCUT2D eigenvalue weighted by molar-refractivity contribution is -0.133. The summed E-state index contributed by atoms with van der Waals surface area (Å²) in [6.45, 7) is 3.22. The van der Waals surface area contributed by atoms with Crippen LogP contribution in [0.2, 0.25) is 0 Å². The molecule has 0 rings (SSSR count). The van der Waals surface area contributed by atoms with Crippen molar-refractivity contribution < 1.29 is 15.0 Å². The lowest BCUT2D eigenvalue weighted by Crippen LogP contribution is -2.12. The van der Waals surface area contributed by atoms with E-state index in [-0.39, 0.29) is 17.9 Å². The first kappa shape index (κ1) is 9.46. The zero-order chi connectivity index (χ0) is 8.15. The third kappa shape index (κ3) is 3.48. The lowest BCUT2D eigenvalue weighted by atomic mass is 10.1. The van der Waals surface area contributed by atoms with E-state index in [1.54, 1.807) is 0 Å². The van der Waals surface area contributed by atoms with Crippen LogP contribution in [-0.2, 0) is 4.79 Å². The maximum absolute atomic E-state index is 10.1. The Kier molecular flexibility index (Phi) is 4.07. The normalized spacial score (nSPS) is 12.6. The van der Waals surface area contributed by atoms with Crippen molar-refractivity contribution in [2.75, 3.05) is 5.88 Å². The van der Waals surface area contributed by atoms with Crippen molar-refractivity contribution in [2.45, 2.75) is 12.5 Å². The van der Waals surface area contributed by atoms with Gasteiger partial charge in [-0.3, -0.25) is 0 Å². The third-order valence-corrected chi connectivity index (χ3v) is 1.32. The van der Waals surface area contributed by atoms with E-state index in [0.717, 1.165) is 0 Å². The van der Waals surface area contributed by atoms with Gasteiger partial charge in [-0.1, -0.05) is 6.58 Å². The van der Waals surface area contributed by atoms with Gasteiger partial charge in [-0.2, -0.15) is 0 Å². The maximum Gasteiger partial charge on any atom is 0.331 e. The van der Waals surface area contributed by atoms with Crippen molar-refractivity contribution in [3.05, 3.63) is 12.2 Å². The Morgan fingerprint density at radius 2 is 2.20 bits per heavy atom. The van der Waals surface area contributed by atoms with Crippen molar-refractivity contribution in [3.63, 3.8) is 0 Å². The molecule has 0 saturated heterocycles. The van der Waals surface area contributed by atoms with Gasteiger partial charge in [-0.15, -0.1) is 11.6 Å². The molecule has 1 unspecified atom stereocenters. The largest absolute Gasteiger partial charge is 0.478 e. The second-order valence-electron chi connectivity index (χ2n) is 1.92. The molecule has 0 bridgehead atoms. The third-order valence-electron chi connectivity index (χ3n) is 0.963. The van der Waals surface area contributed by atoms with Gasteiger partial charge in [0.2, 0.25) is 0 Å². The van der Waals surface area contributed by atoms with Crippen LogP contribution in [0.25, 0.3) is 0 Å². The first-order valence-corrected chi connectivity index (χ1v) is 3.26. The Balaban J connectivity index is 3.68. The summed E-state index contributed by atoms with van der Waals surface area (Å²) in [5, 5.41) is 17.1. The first-order chi connectivity index (χ1) is 4.57. The summed E-state index contributed by atoms with van der Waals surface area (Å²) in [6, 6.07) is 0. The van der Waals surface area contributed by atoms with E-state index in [9.17, 15) is 4.79 Å². The molecule has 2 N–H and O–H groups in total. The topological polar surface area (TPSA) is 57.5 Å².